The molecule has 1 aliphatic rings. The molecule has 1 amide bonds. The third-order valence-corrected chi connectivity index (χ3v) is 6.18. The van der Waals surface area contributed by atoms with Gasteiger partial charge in [0, 0.05) is 43.4 Å². The van der Waals surface area contributed by atoms with Gasteiger partial charge >= 0.3 is 0 Å². The molecule has 5 rings (SSSR count). The number of hydrogen-bond acceptors (Lipinski definition) is 5. The Morgan fingerprint density at radius 1 is 1.24 bits per heavy atom. The quantitative estimate of drug-likeness (QED) is 0.453. The SMILES string of the molecule is CNC(=O)c1ccc(C2=CCN(Cc3ccc4c([nH]c(=O)c5c(C)cnn54)c3F)CC2)c(F)n1. The van der Waals surface area contributed by atoms with Gasteiger partial charge < -0.3 is 10.3 Å². The van der Waals surface area contributed by atoms with E-state index in [2.05, 4.69) is 20.4 Å². The lowest BCUT2D eigenvalue weighted by Crippen LogP contribution is -2.29. The van der Waals surface area contributed by atoms with Gasteiger partial charge in [0.05, 0.1) is 11.7 Å². The first-order valence-electron chi connectivity index (χ1n) is 10.9. The van der Waals surface area contributed by atoms with Crippen molar-refractivity contribution in [3.05, 3.63) is 81.0 Å². The van der Waals surface area contributed by atoms with Crippen LogP contribution in [-0.2, 0) is 6.54 Å². The molecule has 2 N–H and O–H groups in total. The van der Waals surface area contributed by atoms with Crippen LogP contribution in [0.15, 0.2) is 41.3 Å². The summed E-state index contributed by atoms with van der Waals surface area (Å²) in [5.74, 6) is -1.62. The predicted octanol–water partition coefficient (Wildman–Crippen LogP) is 2.81. The van der Waals surface area contributed by atoms with Gasteiger partial charge in [0.2, 0.25) is 5.95 Å². The van der Waals surface area contributed by atoms with Gasteiger partial charge in [0.15, 0.2) is 5.82 Å². The Bertz CT molecular complexity index is 1540. The third-order valence-electron chi connectivity index (χ3n) is 6.18. The molecule has 1 aliphatic heterocycles. The van der Waals surface area contributed by atoms with E-state index in [1.54, 1.807) is 31.3 Å². The lowest BCUT2D eigenvalue weighted by molar-refractivity contribution is 0.0957. The maximum Gasteiger partial charge on any atom is 0.274 e. The van der Waals surface area contributed by atoms with Crippen LogP contribution >= 0.6 is 0 Å². The summed E-state index contributed by atoms with van der Waals surface area (Å²) in [5, 5.41) is 6.63. The summed E-state index contributed by atoms with van der Waals surface area (Å²) >= 11 is 0. The molecule has 1 aromatic carbocycles. The fourth-order valence-electron chi connectivity index (χ4n) is 4.36. The van der Waals surface area contributed by atoms with Crippen LogP contribution in [0.3, 0.4) is 0 Å². The van der Waals surface area contributed by atoms with Gasteiger partial charge in [-0.1, -0.05) is 12.1 Å². The normalized spacial score (nSPS) is 14.5. The van der Waals surface area contributed by atoms with Gasteiger partial charge in [-0.25, -0.2) is 13.9 Å². The number of carbonyl (C=O) groups is 1. The summed E-state index contributed by atoms with van der Waals surface area (Å²) in [4.78, 5) is 32.5. The predicted molar refractivity (Wildman–Crippen MR) is 123 cm³/mol. The molecule has 0 radical (unpaired) electrons. The van der Waals surface area contributed by atoms with E-state index >= 15 is 4.39 Å². The number of halogens is 2. The molecule has 0 bridgehead atoms. The van der Waals surface area contributed by atoms with E-state index in [1.807, 2.05) is 11.0 Å². The minimum absolute atomic E-state index is 0.0224. The second-order valence-corrected chi connectivity index (χ2v) is 8.30. The first-order chi connectivity index (χ1) is 16.4. The Labute approximate surface area is 192 Å². The lowest BCUT2D eigenvalue weighted by atomic mass is 10.00. The molecule has 0 unspecified atom stereocenters. The molecule has 4 heterocycles. The summed E-state index contributed by atoms with van der Waals surface area (Å²) < 4.78 is 31.3. The molecule has 0 spiro atoms. The van der Waals surface area contributed by atoms with E-state index < -0.39 is 17.7 Å². The maximum atomic E-state index is 15.3. The monoisotopic (exact) mass is 464 g/mol. The smallest absolute Gasteiger partial charge is 0.274 e. The van der Waals surface area contributed by atoms with Crippen molar-refractivity contribution in [3.63, 3.8) is 0 Å². The molecule has 8 nitrogen and oxygen atoms in total. The van der Waals surface area contributed by atoms with Gasteiger partial charge in [-0.15, -0.1) is 0 Å². The third kappa shape index (κ3) is 3.65. The highest BCUT2D eigenvalue weighted by molar-refractivity contribution is 5.92. The van der Waals surface area contributed by atoms with Crippen molar-refractivity contribution in [1.29, 1.82) is 0 Å². The van der Waals surface area contributed by atoms with Crippen LogP contribution in [0.2, 0.25) is 0 Å². The van der Waals surface area contributed by atoms with Crippen molar-refractivity contribution >= 4 is 28.0 Å². The fourth-order valence-corrected chi connectivity index (χ4v) is 4.36. The molecule has 34 heavy (non-hydrogen) atoms. The van der Waals surface area contributed by atoms with Crippen LogP contribution in [0.5, 0.6) is 0 Å². The Balaban J connectivity index is 1.38. The highest BCUT2D eigenvalue weighted by atomic mass is 19.1. The average Bonchev–Trinajstić information content (AvgIpc) is 3.23. The van der Waals surface area contributed by atoms with E-state index in [0.29, 0.717) is 48.2 Å². The van der Waals surface area contributed by atoms with E-state index in [0.717, 1.165) is 11.1 Å². The molecule has 10 heteroatoms. The first kappa shape index (κ1) is 21.9. The zero-order valence-electron chi connectivity index (χ0n) is 18.7. The number of hydrogen-bond donors (Lipinski definition) is 2. The number of aromatic nitrogens is 4. The number of pyridine rings is 1. The van der Waals surface area contributed by atoms with Gasteiger partial charge in [0.25, 0.3) is 11.5 Å². The standard InChI is InChI=1S/C24H22F2N6O2/c1-13-11-28-32-18-6-3-15(19(25)20(18)30-24(34)21(13)32)12-31-9-7-14(8-10-31)16-4-5-17(23(33)27-2)29-22(16)26/h3-7,11H,8-10,12H2,1-2H3,(H,27,33)(H,30,34). The van der Waals surface area contributed by atoms with E-state index in [1.165, 1.54) is 17.6 Å². The number of rotatable bonds is 4. The number of H-pyrrole nitrogens is 1. The molecule has 0 aliphatic carbocycles. The van der Waals surface area contributed by atoms with E-state index in [4.69, 9.17) is 0 Å². The Hall–Kier alpha value is -3.92. The van der Waals surface area contributed by atoms with Crippen LogP contribution in [-0.4, -0.2) is 50.5 Å². The highest BCUT2D eigenvalue weighted by Gasteiger charge is 2.20. The zero-order chi connectivity index (χ0) is 24.0. The first-order valence-corrected chi connectivity index (χ1v) is 10.9. The Morgan fingerprint density at radius 2 is 2.06 bits per heavy atom. The Morgan fingerprint density at radius 3 is 2.76 bits per heavy atom. The van der Waals surface area contributed by atoms with Gasteiger partial charge in [-0.3, -0.25) is 14.5 Å². The van der Waals surface area contributed by atoms with Crippen LogP contribution in [0.25, 0.3) is 22.1 Å². The van der Waals surface area contributed by atoms with Crippen LogP contribution in [0, 0.1) is 18.7 Å². The van der Waals surface area contributed by atoms with E-state index in [9.17, 15) is 14.0 Å². The number of fused-ring (bicyclic) bond motifs is 3. The van der Waals surface area contributed by atoms with Crippen molar-refractivity contribution in [2.24, 2.45) is 0 Å². The van der Waals surface area contributed by atoms with Crippen LogP contribution in [0.1, 0.15) is 33.6 Å². The molecule has 0 atom stereocenters. The summed E-state index contributed by atoms with van der Waals surface area (Å²) in [6.45, 7) is 3.20. The lowest BCUT2D eigenvalue weighted by Gasteiger charge is -2.26. The average molecular weight is 464 g/mol. The number of benzene rings is 1. The zero-order valence-corrected chi connectivity index (χ0v) is 18.7. The van der Waals surface area contributed by atoms with Crippen molar-refractivity contribution in [1.82, 2.24) is 29.8 Å². The van der Waals surface area contributed by atoms with Crippen molar-refractivity contribution in [2.45, 2.75) is 19.9 Å². The molecule has 174 valence electrons. The fraction of sp³-hybridized carbons (Fsp3) is 0.250. The molecular formula is C24H22F2N6O2. The Kier molecular flexibility index (Phi) is 5.45. The minimum atomic E-state index is -0.689. The number of nitrogens with one attached hydrogen (secondary N) is 2. The summed E-state index contributed by atoms with van der Waals surface area (Å²) in [7, 11) is 1.46. The maximum absolute atomic E-state index is 15.3. The van der Waals surface area contributed by atoms with E-state index in [-0.39, 0.29) is 16.8 Å². The van der Waals surface area contributed by atoms with Crippen molar-refractivity contribution in [2.75, 3.05) is 20.1 Å². The number of carbonyl (C=O) groups excluding carboxylic acids is 1. The summed E-state index contributed by atoms with van der Waals surface area (Å²) in [6, 6.07) is 6.51. The second kappa shape index (κ2) is 8.45. The van der Waals surface area contributed by atoms with Gasteiger partial charge in [-0.05, 0) is 37.1 Å². The molecule has 3 aromatic heterocycles. The molecule has 0 saturated carbocycles. The second-order valence-electron chi connectivity index (χ2n) is 8.30. The topological polar surface area (TPSA) is 95.4 Å². The summed E-state index contributed by atoms with van der Waals surface area (Å²) in [5.41, 5.74) is 2.98. The minimum Gasteiger partial charge on any atom is -0.354 e. The largest absolute Gasteiger partial charge is 0.354 e. The molecule has 4 aromatic rings. The van der Waals surface area contributed by atoms with Crippen LogP contribution in [0.4, 0.5) is 8.78 Å². The number of aromatic amines is 1. The highest BCUT2D eigenvalue weighted by Crippen LogP contribution is 2.26. The molecule has 0 fully saturated rings. The molecule has 0 saturated heterocycles. The molecular weight excluding hydrogens is 442 g/mol. The number of amides is 1. The van der Waals surface area contributed by atoms with Crippen LogP contribution < -0.4 is 10.9 Å². The number of aryl methyl sites for hydroxylation is 1. The summed E-state index contributed by atoms with van der Waals surface area (Å²) in [6.07, 6.45) is 4.02. The van der Waals surface area contributed by atoms with Crippen molar-refractivity contribution < 1.29 is 13.6 Å². The van der Waals surface area contributed by atoms with Gasteiger partial charge in [0.1, 0.15) is 16.7 Å². The van der Waals surface area contributed by atoms with Crippen molar-refractivity contribution in [3.8, 4) is 0 Å². The van der Waals surface area contributed by atoms with Gasteiger partial charge in [-0.2, -0.15) is 9.49 Å². The number of nitrogens with zero attached hydrogens (tertiary/aromatic N) is 4.